The number of amides is 2. The molecule has 0 bridgehead atoms. The molecule has 1 aliphatic carbocycles. The summed E-state index contributed by atoms with van der Waals surface area (Å²) in [6.07, 6.45) is 2.81. The second-order valence-electron chi connectivity index (χ2n) is 6.57. The molecule has 5 nitrogen and oxygen atoms in total. The zero-order chi connectivity index (χ0) is 16.6. The molecule has 2 N–H and O–H groups in total. The number of fused-ring (bicyclic) bond motifs is 1. The van der Waals surface area contributed by atoms with Crippen molar-refractivity contribution in [2.45, 2.75) is 39.8 Å². The lowest BCUT2D eigenvalue weighted by Gasteiger charge is -2.19. The molecular weight excluding hydrogens is 288 g/mol. The molecule has 1 aromatic carbocycles. The number of urea groups is 1. The van der Waals surface area contributed by atoms with Gasteiger partial charge in [0.15, 0.2) is 0 Å². The fourth-order valence-electron chi connectivity index (χ4n) is 3.27. The minimum Gasteiger partial charge on any atom is -0.334 e. The van der Waals surface area contributed by atoms with Crippen LogP contribution in [0.15, 0.2) is 24.4 Å². The molecule has 0 spiro atoms. The van der Waals surface area contributed by atoms with Crippen molar-refractivity contribution in [3.8, 4) is 0 Å². The summed E-state index contributed by atoms with van der Waals surface area (Å²) in [4.78, 5) is 12.3. The van der Waals surface area contributed by atoms with Crippen molar-refractivity contribution in [1.82, 2.24) is 20.4 Å². The zero-order valence-electron chi connectivity index (χ0n) is 14.2. The van der Waals surface area contributed by atoms with Crippen molar-refractivity contribution in [3.05, 3.63) is 52.3 Å². The van der Waals surface area contributed by atoms with E-state index in [4.69, 9.17) is 0 Å². The van der Waals surface area contributed by atoms with Crippen LogP contribution in [0.5, 0.6) is 0 Å². The molecule has 1 heterocycles. The Balaban J connectivity index is 1.64. The SMILES string of the molecule is Cc1ccc2c(c1)C(NC(=O)NCc1cnn(C)c1C)C(C)C2. The molecule has 2 amide bonds. The summed E-state index contributed by atoms with van der Waals surface area (Å²) in [6, 6.07) is 6.47. The van der Waals surface area contributed by atoms with Gasteiger partial charge in [-0.3, -0.25) is 4.68 Å². The Morgan fingerprint density at radius 1 is 1.39 bits per heavy atom. The highest BCUT2D eigenvalue weighted by atomic mass is 16.2. The van der Waals surface area contributed by atoms with E-state index in [1.54, 1.807) is 6.20 Å². The van der Waals surface area contributed by atoms with E-state index in [1.807, 2.05) is 18.7 Å². The third-order valence-corrected chi connectivity index (χ3v) is 4.81. The Hall–Kier alpha value is -2.30. The Labute approximate surface area is 137 Å². The Kier molecular flexibility index (Phi) is 4.11. The van der Waals surface area contributed by atoms with Gasteiger partial charge in [-0.15, -0.1) is 0 Å². The minimum atomic E-state index is -0.126. The van der Waals surface area contributed by atoms with Gasteiger partial charge in [0.25, 0.3) is 0 Å². The quantitative estimate of drug-likeness (QED) is 0.915. The topological polar surface area (TPSA) is 59.0 Å². The monoisotopic (exact) mass is 312 g/mol. The van der Waals surface area contributed by atoms with Crippen molar-refractivity contribution < 1.29 is 4.79 Å². The summed E-state index contributed by atoms with van der Waals surface area (Å²) >= 11 is 0. The molecular formula is C18H24N4O. The number of hydrogen-bond donors (Lipinski definition) is 2. The third kappa shape index (κ3) is 3.09. The third-order valence-electron chi connectivity index (χ3n) is 4.81. The van der Waals surface area contributed by atoms with Crippen LogP contribution in [-0.2, 0) is 20.0 Å². The molecule has 1 aliphatic rings. The molecule has 2 atom stereocenters. The van der Waals surface area contributed by atoms with E-state index in [0.29, 0.717) is 12.5 Å². The van der Waals surface area contributed by atoms with E-state index in [1.165, 1.54) is 16.7 Å². The number of nitrogens with one attached hydrogen (secondary N) is 2. The molecule has 23 heavy (non-hydrogen) atoms. The number of nitrogens with zero attached hydrogens (tertiary/aromatic N) is 2. The van der Waals surface area contributed by atoms with Crippen LogP contribution < -0.4 is 10.6 Å². The fourth-order valence-corrected chi connectivity index (χ4v) is 3.27. The molecule has 5 heteroatoms. The molecule has 0 aliphatic heterocycles. The average molecular weight is 312 g/mol. The molecule has 0 fully saturated rings. The molecule has 0 saturated carbocycles. The smallest absolute Gasteiger partial charge is 0.315 e. The van der Waals surface area contributed by atoms with Gasteiger partial charge in [-0.2, -0.15) is 5.10 Å². The van der Waals surface area contributed by atoms with Crippen LogP contribution in [0.1, 0.15) is 40.9 Å². The van der Waals surface area contributed by atoms with Crippen LogP contribution in [-0.4, -0.2) is 15.8 Å². The fraction of sp³-hybridized carbons (Fsp3) is 0.444. The molecule has 0 saturated heterocycles. The second-order valence-corrected chi connectivity index (χ2v) is 6.57. The first-order valence-electron chi connectivity index (χ1n) is 8.07. The van der Waals surface area contributed by atoms with Gasteiger partial charge in [0.2, 0.25) is 0 Å². The largest absolute Gasteiger partial charge is 0.334 e. The number of rotatable bonds is 3. The Morgan fingerprint density at radius 2 is 2.17 bits per heavy atom. The summed E-state index contributed by atoms with van der Waals surface area (Å²) in [6.45, 7) is 6.77. The first-order chi connectivity index (χ1) is 11.0. The van der Waals surface area contributed by atoms with Gasteiger partial charge in [-0.1, -0.05) is 30.7 Å². The lowest BCUT2D eigenvalue weighted by molar-refractivity contribution is 0.233. The van der Waals surface area contributed by atoms with Crippen LogP contribution in [0.25, 0.3) is 0 Å². The van der Waals surface area contributed by atoms with Gasteiger partial charge in [0.1, 0.15) is 0 Å². The maximum absolute atomic E-state index is 12.3. The highest BCUT2D eigenvalue weighted by molar-refractivity contribution is 5.74. The van der Waals surface area contributed by atoms with E-state index in [0.717, 1.165) is 17.7 Å². The number of benzene rings is 1. The molecule has 0 radical (unpaired) electrons. The zero-order valence-corrected chi connectivity index (χ0v) is 14.2. The average Bonchev–Trinajstić information content (AvgIpc) is 2.99. The van der Waals surface area contributed by atoms with E-state index in [2.05, 4.69) is 47.8 Å². The van der Waals surface area contributed by atoms with Gasteiger partial charge >= 0.3 is 6.03 Å². The van der Waals surface area contributed by atoms with Gasteiger partial charge in [-0.25, -0.2) is 4.79 Å². The lowest BCUT2D eigenvalue weighted by atomic mass is 10.0. The summed E-state index contributed by atoms with van der Waals surface area (Å²) in [5.41, 5.74) is 5.94. The Morgan fingerprint density at radius 3 is 2.87 bits per heavy atom. The van der Waals surface area contributed by atoms with Crippen LogP contribution in [0.2, 0.25) is 0 Å². The summed E-state index contributed by atoms with van der Waals surface area (Å²) < 4.78 is 1.81. The Bertz CT molecular complexity index is 735. The van der Waals surface area contributed by atoms with Gasteiger partial charge < -0.3 is 10.6 Å². The number of aryl methyl sites for hydroxylation is 2. The molecule has 1 aromatic heterocycles. The van der Waals surface area contributed by atoms with Gasteiger partial charge in [-0.05, 0) is 37.3 Å². The van der Waals surface area contributed by atoms with Gasteiger partial charge in [0, 0.05) is 24.8 Å². The van der Waals surface area contributed by atoms with E-state index >= 15 is 0 Å². The summed E-state index contributed by atoms with van der Waals surface area (Å²) in [5.74, 6) is 0.415. The first kappa shape index (κ1) is 15.6. The van der Waals surface area contributed by atoms with Crippen molar-refractivity contribution in [3.63, 3.8) is 0 Å². The highest BCUT2D eigenvalue weighted by Gasteiger charge is 2.30. The number of aromatic nitrogens is 2. The van der Waals surface area contributed by atoms with Crippen molar-refractivity contribution in [1.29, 1.82) is 0 Å². The standard InChI is InChI=1S/C18H24N4O/c1-11-5-6-14-8-12(2)17(16(14)7-11)21-18(23)19-9-15-10-20-22(4)13(15)3/h5-7,10,12,17H,8-9H2,1-4H3,(H2,19,21,23). The molecule has 3 rings (SSSR count). The summed E-state index contributed by atoms with van der Waals surface area (Å²) in [5, 5.41) is 10.3. The van der Waals surface area contributed by atoms with E-state index < -0.39 is 0 Å². The summed E-state index contributed by atoms with van der Waals surface area (Å²) in [7, 11) is 1.90. The van der Waals surface area contributed by atoms with Crippen LogP contribution in [0.4, 0.5) is 4.79 Å². The lowest BCUT2D eigenvalue weighted by Crippen LogP contribution is -2.38. The first-order valence-corrected chi connectivity index (χ1v) is 8.07. The maximum atomic E-state index is 12.3. The number of carbonyl (C=O) groups is 1. The van der Waals surface area contributed by atoms with Crippen LogP contribution in [0, 0.1) is 19.8 Å². The molecule has 122 valence electrons. The van der Waals surface area contributed by atoms with E-state index in [9.17, 15) is 4.79 Å². The number of carbonyl (C=O) groups excluding carboxylic acids is 1. The van der Waals surface area contributed by atoms with E-state index in [-0.39, 0.29) is 12.1 Å². The predicted octanol–water partition coefficient (Wildman–Crippen LogP) is 2.77. The van der Waals surface area contributed by atoms with Gasteiger partial charge in [0.05, 0.1) is 12.2 Å². The van der Waals surface area contributed by atoms with Crippen LogP contribution in [0.3, 0.4) is 0 Å². The molecule has 2 aromatic rings. The predicted molar refractivity (Wildman–Crippen MR) is 90.1 cm³/mol. The number of hydrogen-bond acceptors (Lipinski definition) is 2. The van der Waals surface area contributed by atoms with Crippen LogP contribution >= 0.6 is 0 Å². The van der Waals surface area contributed by atoms with Crippen molar-refractivity contribution in [2.75, 3.05) is 0 Å². The highest BCUT2D eigenvalue weighted by Crippen LogP contribution is 2.36. The second kappa shape index (κ2) is 6.07. The van der Waals surface area contributed by atoms with Crippen molar-refractivity contribution in [2.24, 2.45) is 13.0 Å². The van der Waals surface area contributed by atoms with Crippen molar-refractivity contribution >= 4 is 6.03 Å². The normalized spacial score (nSPS) is 19.5. The molecule has 2 unspecified atom stereocenters. The maximum Gasteiger partial charge on any atom is 0.315 e. The minimum absolute atomic E-state index is 0.0832.